The Kier molecular flexibility index (Phi) is 8.74. The smallest absolute Gasteiger partial charge is 0.221 e. The first-order valence-corrected chi connectivity index (χ1v) is 17.5. The molecule has 4 aromatic heterocycles. The van der Waals surface area contributed by atoms with Crippen molar-refractivity contribution in [3.8, 4) is 28.4 Å². The van der Waals surface area contributed by atoms with Crippen LogP contribution >= 0.6 is 0 Å². The van der Waals surface area contributed by atoms with Gasteiger partial charge in [-0.1, -0.05) is 50.0 Å². The first kappa shape index (κ1) is 29.1. The third-order valence-corrected chi connectivity index (χ3v) is 8.39. The van der Waals surface area contributed by atoms with Gasteiger partial charge < -0.3 is 18.9 Å². The quantitative estimate of drug-likeness (QED) is 0.0838. The van der Waals surface area contributed by atoms with Crippen molar-refractivity contribution in [2.24, 2.45) is 4.99 Å². The molecule has 0 saturated heterocycles. The first-order chi connectivity index (χ1) is 20.2. The molecule has 0 fully saturated rings. The Balaban J connectivity index is 1.60. The molecular weight excluding hydrogens is 546 g/mol. The van der Waals surface area contributed by atoms with Crippen LogP contribution in [-0.4, -0.2) is 81.4 Å². The Morgan fingerprint density at radius 1 is 0.976 bits per heavy atom. The molecule has 0 saturated carbocycles. The second kappa shape index (κ2) is 12.6. The number of pyridine rings is 1. The normalized spacial score (nSPS) is 12.0. The van der Waals surface area contributed by atoms with Gasteiger partial charge in [-0.15, -0.1) is 10.2 Å². The molecule has 0 spiro atoms. The molecule has 42 heavy (non-hydrogen) atoms. The van der Waals surface area contributed by atoms with E-state index in [2.05, 4.69) is 49.8 Å². The van der Waals surface area contributed by atoms with Gasteiger partial charge in [0, 0.05) is 57.9 Å². The van der Waals surface area contributed by atoms with Crippen molar-refractivity contribution in [3.05, 3.63) is 67.0 Å². The molecule has 5 rings (SSSR count). The van der Waals surface area contributed by atoms with Crippen LogP contribution in [0.1, 0.15) is 5.82 Å². The second-order valence-corrected chi connectivity index (χ2v) is 17.0. The molecule has 4 heterocycles. The number of hydrogen-bond donors (Lipinski definition) is 0. The predicted molar refractivity (Wildman–Crippen MR) is 168 cm³/mol. The minimum Gasteiger partial charge on any atom is -0.481 e. The van der Waals surface area contributed by atoms with Crippen molar-refractivity contribution in [3.63, 3.8) is 0 Å². The van der Waals surface area contributed by atoms with E-state index in [0.717, 1.165) is 39.8 Å². The fourth-order valence-electron chi connectivity index (χ4n) is 4.53. The van der Waals surface area contributed by atoms with Crippen LogP contribution in [0.25, 0.3) is 33.5 Å². The number of rotatable bonds is 12. The van der Waals surface area contributed by atoms with Gasteiger partial charge in [-0.25, -0.2) is 19.9 Å². The maximum atomic E-state index is 6.19. The maximum Gasteiger partial charge on any atom is 0.221 e. The van der Waals surface area contributed by atoms with Crippen LogP contribution in [0.4, 0.5) is 5.82 Å². The summed E-state index contributed by atoms with van der Waals surface area (Å²) < 4.78 is 15.9. The predicted octanol–water partition coefficient (Wildman–Crippen LogP) is 5.34. The van der Waals surface area contributed by atoms with Gasteiger partial charge in [0.05, 0.1) is 25.4 Å². The zero-order chi connectivity index (χ0) is 29.7. The Bertz CT molecular complexity index is 1670. The average molecular weight is 584 g/mol. The number of benzene rings is 1. The molecule has 218 valence electrons. The summed E-state index contributed by atoms with van der Waals surface area (Å²) in [7, 11) is 4.22. The highest BCUT2D eigenvalue weighted by molar-refractivity contribution is 6.76. The molecule has 0 aliphatic rings. The van der Waals surface area contributed by atoms with Crippen LogP contribution < -0.4 is 4.74 Å². The number of aromatic nitrogens is 7. The number of fused-ring (bicyclic) bond motifs is 1. The maximum absolute atomic E-state index is 6.19. The summed E-state index contributed by atoms with van der Waals surface area (Å²) >= 11 is 0. The molecule has 0 atom stereocenters. The van der Waals surface area contributed by atoms with Gasteiger partial charge in [-0.05, 0) is 18.2 Å². The SMILES string of the molecule is COc1ncccc1-c1cn(Cc2nnc(-c3ccccc3)n2COCC[Si](C)(C)C)c2ncnc(/N=C\N(C)C)c12. The van der Waals surface area contributed by atoms with Crippen molar-refractivity contribution in [1.82, 2.24) is 39.2 Å². The highest BCUT2D eigenvalue weighted by Crippen LogP contribution is 2.38. The van der Waals surface area contributed by atoms with Gasteiger partial charge in [-0.3, -0.25) is 4.57 Å². The molecule has 0 bridgehead atoms. The largest absolute Gasteiger partial charge is 0.481 e. The number of aliphatic imine (C=N–C) groups is 1. The fourth-order valence-corrected chi connectivity index (χ4v) is 5.29. The second-order valence-electron chi connectivity index (χ2n) is 11.4. The summed E-state index contributed by atoms with van der Waals surface area (Å²) in [6.07, 6.45) is 6.99. The highest BCUT2D eigenvalue weighted by Gasteiger charge is 2.22. The van der Waals surface area contributed by atoms with Crippen LogP contribution in [0.15, 0.2) is 66.2 Å². The van der Waals surface area contributed by atoms with Crippen LogP contribution in [0.2, 0.25) is 25.7 Å². The van der Waals surface area contributed by atoms with Gasteiger partial charge >= 0.3 is 0 Å². The lowest BCUT2D eigenvalue weighted by molar-refractivity contribution is 0.0859. The highest BCUT2D eigenvalue weighted by atomic mass is 28.3. The van der Waals surface area contributed by atoms with E-state index in [1.807, 2.05) is 76.8 Å². The Morgan fingerprint density at radius 2 is 1.79 bits per heavy atom. The Labute approximate surface area is 246 Å². The van der Waals surface area contributed by atoms with Crippen LogP contribution in [-0.2, 0) is 18.0 Å². The lowest BCUT2D eigenvalue weighted by atomic mass is 10.1. The van der Waals surface area contributed by atoms with Gasteiger partial charge in [0.15, 0.2) is 17.5 Å². The standard InChI is InChI=1S/C30H37N9O2Si/c1-37(2)20-34-27-26-24(23-13-10-14-31-30(23)40-3)17-38(29(26)33-19-32-27)18-25-35-36-28(22-11-8-7-9-12-22)39(25)21-41-15-16-42(4,5)6/h7-14,17,19-20H,15-16,18,21H2,1-6H3/b34-20-. The molecule has 0 aliphatic heterocycles. The van der Waals surface area contributed by atoms with Gasteiger partial charge in [-0.2, -0.15) is 0 Å². The Morgan fingerprint density at radius 3 is 2.52 bits per heavy atom. The summed E-state index contributed by atoms with van der Waals surface area (Å²) in [5.74, 6) is 2.57. The fraction of sp³-hybridized carbons (Fsp3) is 0.333. The number of methoxy groups -OCH3 is 1. The van der Waals surface area contributed by atoms with E-state index in [1.165, 1.54) is 6.33 Å². The topological polar surface area (TPSA) is 108 Å². The minimum absolute atomic E-state index is 0.354. The van der Waals surface area contributed by atoms with E-state index in [4.69, 9.17) is 9.47 Å². The van der Waals surface area contributed by atoms with Crippen molar-refractivity contribution >= 4 is 31.3 Å². The van der Waals surface area contributed by atoms with E-state index in [9.17, 15) is 0 Å². The Hall–Kier alpha value is -4.42. The molecule has 0 amide bonds. The molecule has 0 radical (unpaired) electrons. The summed E-state index contributed by atoms with van der Waals surface area (Å²) in [5, 5.41) is 10.0. The minimum atomic E-state index is -1.23. The monoisotopic (exact) mass is 583 g/mol. The average Bonchev–Trinajstić information content (AvgIpc) is 3.55. The van der Waals surface area contributed by atoms with Crippen LogP contribution in [0.3, 0.4) is 0 Å². The van der Waals surface area contributed by atoms with E-state index in [1.54, 1.807) is 19.6 Å². The van der Waals surface area contributed by atoms with Crippen molar-refractivity contribution in [2.75, 3.05) is 27.8 Å². The summed E-state index contributed by atoms with van der Waals surface area (Å²) in [6.45, 7) is 8.50. The van der Waals surface area contributed by atoms with E-state index < -0.39 is 8.07 Å². The van der Waals surface area contributed by atoms with Crippen LogP contribution in [0.5, 0.6) is 5.88 Å². The molecule has 0 aliphatic carbocycles. The summed E-state index contributed by atoms with van der Waals surface area (Å²) in [6, 6.07) is 15.0. The molecule has 11 nitrogen and oxygen atoms in total. The molecule has 12 heteroatoms. The molecule has 1 aromatic carbocycles. The number of nitrogens with zero attached hydrogens (tertiary/aromatic N) is 9. The van der Waals surface area contributed by atoms with E-state index in [0.29, 0.717) is 37.2 Å². The lowest BCUT2D eigenvalue weighted by Crippen LogP contribution is -2.22. The summed E-state index contributed by atoms with van der Waals surface area (Å²) in [4.78, 5) is 20.1. The number of hydrogen-bond acceptors (Lipinski definition) is 8. The summed E-state index contributed by atoms with van der Waals surface area (Å²) in [5.41, 5.74) is 3.38. The van der Waals surface area contributed by atoms with Gasteiger partial charge in [0.1, 0.15) is 18.7 Å². The van der Waals surface area contributed by atoms with E-state index >= 15 is 0 Å². The van der Waals surface area contributed by atoms with Crippen molar-refractivity contribution in [1.29, 1.82) is 0 Å². The molecular formula is C30H37N9O2Si. The lowest BCUT2D eigenvalue weighted by Gasteiger charge is -2.17. The van der Waals surface area contributed by atoms with Crippen LogP contribution in [0, 0.1) is 0 Å². The van der Waals surface area contributed by atoms with Crippen molar-refractivity contribution < 1.29 is 9.47 Å². The third-order valence-electron chi connectivity index (χ3n) is 6.69. The number of ether oxygens (including phenoxy) is 2. The molecule has 0 N–H and O–H groups in total. The zero-order valence-corrected chi connectivity index (χ0v) is 26.0. The zero-order valence-electron chi connectivity index (χ0n) is 25.0. The van der Waals surface area contributed by atoms with Gasteiger partial charge in [0.2, 0.25) is 5.88 Å². The van der Waals surface area contributed by atoms with Crippen molar-refractivity contribution in [2.45, 2.75) is 39.0 Å². The molecule has 0 unspecified atom stereocenters. The molecule has 5 aromatic rings. The third kappa shape index (κ3) is 6.55. The van der Waals surface area contributed by atoms with E-state index in [-0.39, 0.29) is 0 Å². The van der Waals surface area contributed by atoms with Gasteiger partial charge in [0.25, 0.3) is 0 Å². The first-order valence-electron chi connectivity index (χ1n) is 13.8.